The van der Waals surface area contributed by atoms with E-state index < -0.39 is 15.9 Å². The summed E-state index contributed by atoms with van der Waals surface area (Å²) in [4.78, 5) is 12.5. The largest absolute Gasteiger partial charge is 0.494 e. The van der Waals surface area contributed by atoms with Crippen molar-refractivity contribution >= 4 is 21.6 Å². The van der Waals surface area contributed by atoms with Crippen LogP contribution in [0, 0.1) is 18.3 Å². The zero-order valence-electron chi connectivity index (χ0n) is 16.8. The monoisotopic (exact) mass is 415 g/mol. The van der Waals surface area contributed by atoms with Gasteiger partial charge in [-0.3, -0.25) is 4.79 Å². The molecule has 2 aromatic rings. The minimum Gasteiger partial charge on any atom is -0.494 e. The van der Waals surface area contributed by atoms with Crippen LogP contribution in [0.5, 0.6) is 5.75 Å². The smallest absolute Gasteiger partial charge is 0.243 e. The quantitative estimate of drug-likeness (QED) is 0.678. The number of rotatable bonds is 9. The second-order valence-electron chi connectivity index (χ2n) is 6.37. The molecule has 0 bridgehead atoms. The van der Waals surface area contributed by atoms with Gasteiger partial charge in [-0.25, -0.2) is 8.42 Å². The predicted octanol–water partition coefficient (Wildman–Crippen LogP) is 3.11. The molecule has 1 N–H and O–H groups in total. The molecular formula is C21H25N3O4S. The first-order valence-electron chi connectivity index (χ1n) is 9.31. The second kappa shape index (κ2) is 10.0. The van der Waals surface area contributed by atoms with Crippen LogP contribution < -0.4 is 10.1 Å². The normalized spacial score (nSPS) is 11.1. The molecule has 0 aliphatic heterocycles. The van der Waals surface area contributed by atoms with Crippen LogP contribution in [0.15, 0.2) is 47.4 Å². The van der Waals surface area contributed by atoms with Crippen LogP contribution in [-0.4, -0.2) is 38.3 Å². The number of aryl methyl sites for hydroxylation is 1. The minimum atomic E-state index is -3.83. The van der Waals surface area contributed by atoms with Gasteiger partial charge in [0, 0.05) is 12.2 Å². The summed E-state index contributed by atoms with van der Waals surface area (Å²) in [5.74, 6) is 0.193. The van der Waals surface area contributed by atoms with Crippen molar-refractivity contribution in [1.82, 2.24) is 4.31 Å². The molecule has 0 radical (unpaired) electrons. The highest BCUT2D eigenvalue weighted by molar-refractivity contribution is 7.89. The van der Waals surface area contributed by atoms with E-state index >= 15 is 0 Å². The lowest BCUT2D eigenvalue weighted by Gasteiger charge is -2.21. The maximum atomic E-state index is 13.0. The summed E-state index contributed by atoms with van der Waals surface area (Å²) in [6.45, 7) is 5.67. The summed E-state index contributed by atoms with van der Waals surface area (Å²) >= 11 is 0. The van der Waals surface area contributed by atoms with Gasteiger partial charge in [0.05, 0.1) is 30.5 Å². The average Bonchev–Trinajstić information content (AvgIpc) is 2.69. The van der Waals surface area contributed by atoms with E-state index in [-0.39, 0.29) is 24.4 Å². The van der Waals surface area contributed by atoms with Gasteiger partial charge in [-0.1, -0.05) is 19.1 Å². The van der Waals surface area contributed by atoms with Gasteiger partial charge >= 0.3 is 0 Å². The molecule has 0 saturated heterocycles. The molecule has 2 rings (SSSR count). The molecule has 0 heterocycles. The van der Waals surface area contributed by atoms with Gasteiger partial charge in [0.25, 0.3) is 0 Å². The Morgan fingerprint density at radius 2 is 1.86 bits per heavy atom. The van der Waals surface area contributed by atoms with Crippen molar-refractivity contribution < 1.29 is 17.9 Å². The number of nitrogens with zero attached hydrogens (tertiary/aromatic N) is 2. The van der Waals surface area contributed by atoms with Gasteiger partial charge < -0.3 is 10.1 Å². The standard InChI is InChI=1S/C21H25N3O4S/c1-4-24(15-21(25)23-18-8-6-17(7-9-18)12-13-22)29(26,27)19-10-11-20(28-5-2)16(3)14-19/h6-11,14H,4-5,12,15H2,1-3H3,(H,23,25). The Morgan fingerprint density at radius 3 is 2.41 bits per heavy atom. The van der Waals surface area contributed by atoms with E-state index in [1.807, 2.05) is 6.92 Å². The molecule has 0 spiro atoms. The SMILES string of the molecule is CCOc1ccc(S(=O)(=O)N(CC)CC(=O)Nc2ccc(CC#N)cc2)cc1C. The predicted molar refractivity (Wildman–Crippen MR) is 111 cm³/mol. The Bertz CT molecular complexity index is 996. The highest BCUT2D eigenvalue weighted by Crippen LogP contribution is 2.24. The molecule has 0 aliphatic carbocycles. The first-order chi connectivity index (χ1) is 13.8. The number of hydrogen-bond acceptors (Lipinski definition) is 5. The molecule has 0 fully saturated rings. The van der Waals surface area contributed by atoms with Crippen molar-refractivity contribution in [2.24, 2.45) is 0 Å². The number of carbonyl (C=O) groups is 1. The molecule has 7 nitrogen and oxygen atoms in total. The molecule has 0 atom stereocenters. The van der Waals surface area contributed by atoms with Crippen molar-refractivity contribution in [3.63, 3.8) is 0 Å². The van der Waals surface area contributed by atoms with Crippen LogP contribution in [0.25, 0.3) is 0 Å². The van der Waals surface area contributed by atoms with Crippen LogP contribution in [0.3, 0.4) is 0 Å². The summed E-state index contributed by atoms with van der Waals surface area (Å²) < 4.78 is 32.5. The van der Waals surface area contributed by atoms with Crippen LogP contribution in [0.4, 0.5) is 5.69 Å². The third kappa shape index (κ3) is 5.79. The summed E-state index contributed by atoms with van der Waals surface area (Å²) in [6.07, 6.45) is 0.289. The van der Waals surface area contributed by atoms with Crippen LogP contribution in [0.1, 0.15) is 25.0 Å². The number of nitrogens with one attached hydrogen (secondary N) is 1. The van der Waals surface area contributed by atoms with Gasteiger partial charge in [0.2, 0.25) is 15.9 Å². The lowest BCUT2D eigenvalue weighted by Crippen LogP contribution is -2.37. The van der Waals surface area contributed by atoms with Crippen molar-refractivity contribution in [3.8, 4) is 11.8 Å². The fraction of sp³-hybridized carbons (Fsp3) is 0.333. The van der Waals surface area contributed by atoms with Gasteiger partial charge in [0.15, 0.2) is 0 Å². The van der Waals surface area contributed by atoms with Crippen LogP contribution in [-0.2, 0) is 21.2 Å². The van der Waals surface area contributed by atoms with E-state index in [1.165, 1.54) is 6.07 Å². The Morgan fingerprint density at radius 1 is 1.17 bits per heavy atom. The number of likely N-dealkylation sites (N-methyl/N-ethyl adjacent to an activating group) is 1. The minimum absolute atomic E-state index is 0.119. The highest BCUT2D eigenvalue weighted by Gasteiger charge is 2.26. The third-order valence-electron chi connectivity index (χ3n) is 4.28. The van der Waals surface area contributed by atoms with Crippen LogP contribution >= 0.6 is 0 Å². The van der Waals surface area contributed by atoms with Crippen molar-refractivity contribution in [2.45, 2.75) is 32.1 Å². The van der Waals surface area contributed by atoms with Gasteiger partial charge in [-0.15, -0.1) is 0 Å². The number of amides is 1. The average molecular weight is 416 g/mol. The number of carbonyl (C=O) groups excluding carboxylic acids is 1. The molecule has 29 heavy (non-hydrogen) atoms. The zero-order valence-corrected chi connectivity index (χ0v) is 17.6. The van der Waals surface area contributed by atoms with E-state index in [1.54, 1.807) is 50.2 Å². The molecule has 0 saturated carbocycles. The van der Waals surface area contributed by atoms with Crippen molar-refractivity contribution in [2.75, 3.05) is 25.0 Å². The summed E-state index contributed by atoms with van der Waals surface area (Å²) in [5.41, 5.74) is 2.10. The summed E-state index contributed by atoms with van der Waals surface area (Å²) in [7, 11) is -3.83. The van der Waals surface area contributed by atoms with E-state index in [9.17, 15) is 13.2 Å². The molecule has 1 amide bonds. The summed E-state index contributed by atoms with van der Waals surface area (Å²) in [6, 6.07) is 13.6. The van der Waals surface area contributed by atoms with Gasteiger partial charge in [-0.2, -0.15) is 9.57 Å². The molecule has 0 unspecified atom stereocenters. The Balaban J connectivity index is 2.12. The molecular weight excluding hydrogens is 390 g/mol. The van der Waals surface area contributed by atoms with Gasteiger partial charge in [-0.05, 0) is 55.3 Å². The third-order valence-corrected chi connectivity index (χ3v) is 6.19. The lowest BCUT2D eigenvalue weighted by atomic mass is 10.1. The molecule has 8 heteroatoms. The number of anilines is 1. The van der Waals surface area contributed by atoms with E-state index in [0.717, 1.165) is 9.87 Å². The maximum Gasteiger partial charge on any atom is 0.243 e. The Kier molecular flexibility index (Phi) is 7.76. The second-order valence-corrected chi connectivity index (χ2v) is 8.31. The lowest BCUT2D eigenvalue weighted by molar-refractivity contribution is -0.116. The first-order valence-corrected chi connectivity index (χ1v) is 10.7. The van der Waals surface area contributed by atoms with Crippen LogP contribution in [0.2, 0.25) is 0 Å². The fourth-order valence-electron chi connectivity index (χ4n) is 2.77. The number of hydrogen-bond donors (Lipinski definition) is 1. The van der Waals surface area contributed by atoms with E-state index in [4.69, 9.17) is 10.00 Å². The van der Waals surface area contributed by atoms with Crippen molar-refractivity contribution in [1.29, 1.82) is 5.26 Å². The number of nitriles is 1. The van der Waals surface area contributed by atoms with E-state index in [2.05, 4.69) is 11.4 Å². The highest BCUT2D eigenvalue weighted by atomic mass is 32.2. The van der Waals surface area contributed by atoms with Crippen molar-refractivity contribution in [3.05, 3.63) is 53.6 Å². The summed E-state index contributed by atoms with van der Waals surface area (Å²) in [5, 5.41) is 11.4. The number of ether oxygens (including phenoxy) is 1. The fourth-order valence-corrected chi connectivity index (χ4v) is 4.26. The molecule has 154 valence electrons. The molecule has 2 aromatic carbocycles. The number of benzene rings is 2. The maximum absolute atomic E-state index is 13.0. The zero-order chi connectivity index (χ0) is 21.4. The topological polar surface area (TPSA) is 99.5 Å². The first kappa shape index (κ1) is 22.4. The van der Waals surface area contributed by atoms with Gasteiger partial charge in [0.1, 0.15) is 5.75 Å². The Hall–Kier alpha value is -2.89. The molecule has 0 aliphatic rings. The number of sulfonamides is 1. The Labute approximate surface area is 172 Å². The van der Waals surface area contributed by atoms with E-state index in [0.29, 0.717) is 23.6 Å². The molecule has 0 aromatic heterocycles.